The number of amides is 2. The van der Waals surface area contributed by atoms with Gasteiger partial charge < -0.3 is 20.1 Å². The summed E-state index contributed by atoms with van der Waals surface area (Å²) in [6, 6.07) is 16.3. The lowest BCUT2D eigenvalue weighted by Crippen LogP contribution is -2.63. The Kier molecular flexibility index (Phi) is 5.38. The summed E-state index contributed by atoms with van der Waals surface area (Å²) in [5, 5.41) is 12.5. The van der Waals surface area contributed by atoms with Gasteiger partial charge >= 0.3 is 12.1 Å². The van der Waals surface area contributed by atoms with Gasteiger partial charge in [0.25, 0.3) is 0 Å². The smallest absolute Gasteiger partial charge is 0.408 e. The summed E-state index contributed by atoms with van der Waals surface area (Å²) < 4.78 is 5.67. The molecular formula is C27H30N2O5. The van der Waals surface area contributed by atoms with Gasteiger partial charge in [0.15, 0.2) is 0 Å². The van der Waals surface area contributed by atoms with Crippen molar-refractivity contribution >= 4 is 18.0 Å². The van der Waals surface area contributed by atoms with E-state index in [1.165, 1.54) is 0 Å². The van der Waals surface area contributed by atoms with E-state index in [0.717, 1.165) is 28.7 Å². The Balaban J connectivity index is 1.27. The fourth-order valence-corrected chi connectivity index (χ4v) is 5.64. The molecule has 1 heterocycles. The molecule has 0 spiro atoms. The topological polar surface area (TPSA) is 95.9 Å². The number of ether oxygens (including phenoxy) is 1. The summed E-state index contributed by atoms with van der Waals surface area (Å²) >= 11 is 0. The van der Waals surface area contributed by atoms with Crippen molar-refractivity contribution in [3.8, 4) is 11.1 Å². The Morgan fingerprint density at radius 1 is 1.06 bits per heavy atom. The van der Waals surface area contributed by atoms with Gasteiger partial charge in [0.2, 0.25) is 5.91 Å². The van der Waals surface area contributed by atoms with E-state index in [0.29, 0.717) is 19.4 Å². The molecule has 3 aliphatic rings. The van der Waals surface area contributed by atoms with Gasteiger partial charge in [0.05, 0.1) is 5.41 Å². The van der Waals surface area contributed by atoms with E-state index in [9.17, 15) is 19.5 Å². The number of rotatable bonds is 5. The lowest BCUT2D eigenvalue weighted by molar-refractivity contribution is -0.149. The standard InChI is InChI=1S/C27H30N2O5/c1-17-14-29(16-26(17,2)24(31)32)23(30)27(12-7-13-27)28-25(33)34-15-22-20-10-5-3-8-18(20)19-9-4-6-11-21(19)22/h3-6,8-11,17,22H,7,12-16H2,1-2H3,(H,28,33)(H,31,32)/t17-,26-/m0/s1. The number of benzene rings is 2. The minimum Gasteiger partial charge on any atom is -0.481 e. The van der Waals surface area contributed by atoms with Gasteiger partial charge in [-0.25, -0.2) is 4.79 Å². The van der Waals surface area contributed by atoms with E-state index in [1.54, 1.807) is 11.8 Å². The van der Waals surface area contributed by atoms with E-state index >= 15 is 0 Å². The third-order valence-corrected chi connectivity index (χ3v) is 8.18. The minimum atomic E-state index is -1.01. The molecule has 0 radical (unpaired) electrons. The Morgan fingerprint density at radius 2 is 1.65 bits per heavy atom. The summed E-state index contributed by atoms with van der Waals surface area (Å²) in [7, 11) is 0. The van der Waals surface area contributed by atoms with Crippen LogP contribution in [0.4, 0.5) is 4.79 Å². The van der Waals surface area contributed by atoms with Gasteiger partial charge in [-0.1, -0.05) is 55.5 Å². The molecule has 1 aliphatic heterocycles. The second-order valence-corrected chi connectivity index (χ2v) is 10.2. The SMILES string of the molecule is C[C@H]1CN(C(=O)C2(NC(=O)OCC3c4ccccc4-c4ccccc43)CCC2)C[C@]1(C)C(=O)O. The van der Waals surface area contributed by atoms with Crippen molar-refractivity contribution in [3.05, 3.63) is 59.7 Å². The number of hydrogen-bond donors (Lipinski definition) is 2. The predicted molar refractivity (Wildman–Crippen MR) is 126 cm³/mol. The molecule has 7 heteroatoms. The highest BCUT2D eigenvalue weighted by Gasteiger charge is 2.54. The molecule has 0 bridgehead atoms. The molecule has 2 fully saturated rings. The number of nitrogens with one attached hydrogen (secondary N) is 1. The highest BCUT2D eigenvalue weighted by atomic mass is 16.5. The molecule has 5 rings (SSSR count). The molecule has 1 saturated heterocycles. The van der Waals surface area contributed by atoms with Crippen molar-refractivity contribution in [2.24, 2.45) is 11.3 Å². The summed E-state index contributed by atoms with van der Waals surface area (Å²) in [5.41, 5.74) is 2.58. The number of carbonyl (C=O) groups is 3. The van der Waals surface area contributed by atoms with Gasteiger partial charge in [0, 0.05) is 19.0 Å². The minimum absolute atomic E-state index is 0.0538. The maximum atomic E-state index is 13.4. The van der Waals surface area contributed by atoms with Crippen LogP contribution in [0.5, 0.6) is 0 Å². The number of carboxylic acids is 1. The van der Waals surface area contributed by atoms with E-state index in [-0.39, 0.29) is 30.9 Å². The average Bonchev–Trinajstić information content (AvgIpc) is 3.29. The van der Waals surface area contributed by atoms with Gasteiger partial charge in [0.1, 0.15) is 12.1 Å². The molecule has 2 aromatic rings. The first-order valence-electron chi connectivity index (χ1n) is 11.9. The third kappa shape index (κ3) is 3.45. The Bertz CT molecular complexity index is 1110. The number of alkyl carbamates (subject to hydrolysis) is 1. The van der Waals surface area contributed by atoms with Crippen LogP contribution in [0.1, 0.15) is 50.2 Å². The molecule has 2 aliphatic carbocycles. The number of hydrogen-bond acceptors (Lipinski definition) is 4. The Morgan fingerprint density at radius 3 is 2.15 bits per heavy atom. The predicted octanol–water partition coefficient (Wildman–Crippen LogP) is 4.02. The van der Waals surface area contributed by atoms with Crippen LogP contribution < -0.4 is 5.32 Å². The van der Waals surface area contributed by atoms with E-state index in [1.807, 2.05) is 31.2 Å². The number of fused-ring (bicyclic) bond motifs is 3. The highest BCUT2D eigenvalue weighted by molar-refractivity contribution is 5.92. The lowest BCUT2D eigenvalue weighted by atomic mass is 9.75. The maximum absolute atomic E-state index is 13.4. The number of carbonyl (C=O) groups excluding carboxylic acids is 2. The maximum Gasteiger partial charge on any atom is 0.408 e. The van der Waals surface area contributed by atoms with E-state index in [4.69, 9.17) is 4.74 Å². The van der Waals surface area contributed by atoms with Crippen molar-refractivity contribution in [1.29, 1.82) is 0 Å². The third-order valence-electron chi connectivity index (χ3n) is 8.18. The first-order chi connectivity index (χ1) is 16.2. The first-order valence-corrected chi connectivity index (χ1v) is 11.9. The van der Waals surface area contributed by atoms with Crippen LogP contribution in [0.2, 0.25) is 0 Å². The van der Waals surface area contributed by atoms with Crippen molar-refractivity contribution in [2.75, 3.05) is 19.7 Å². The summed E-state index contributed by atoms with van der Waals surface area (Å²) in [5.74, 6) is -1.33. The van der Waals surface area contributed by atoms with Crippen LogP contribution in [-0.2, 0) is 14.3 Å². The second-order valence-electron chi connectivity index (χ2n) is 10.2. The summed E-state index contributed by atoms with van der Waals surface area (Å²) in [4.78, 5) is 39.6. The lowest BCUT2D eigenvalue weighted by Gasteiger charge is -2.42. The fourth-order valence-electron chi connectivity index (χ4n) is 5.64. The highest BCUT2D eigenvalue weighted by Crippen LogP contribution is 2.45. The molecule has 2 atom stereocenters. The normalized spacial score (nSPS) is 24.6. The van der Waals surface area contributed by atoms with Crippen LogP contribution in [0, 0.1) is 11.3 Å². The molecule has 0 unspecified atom stereocenters. The van der Waals surface area contributed by atoms with Crippen LogP contribution in [0.25, 0.3) is 11.1 Å². The number of nitrogens with zero attached hydrogens (tertiary/aromatic N) is 1. The molecule has 2 amide bonds. The van der Waals surface area contributed by atoms with Crippen LogP contribution in [0.3, 0.4) is 0 Å². The van der Waals surface area contributed by atoms with Crippen LogP contribution >= 0.6 is 0 Å². The number of likely N-dealkylation sites (tertiary alicyclic amines) is 1. The second kappa shape index (κ2) is 8.15. The number of carboxylic acid groups (broad SMARTS) is 1. The van der Waals surface area contributed by atoms with Crippen molar-refractivity contribution in [1.82, 2.24) is 10.2 Å². The van der Waals surface area contributed by atoms with Crippen molar-refractivity contribution < 1.29 is 24.2 Å². The van der Waals surface area contributed by atoms with Crippen LogP contribution in [0.15, 0.2) is 48.5 Å². The van der Waals surface area contributed by atoms with Gasteiger partial charge in [-0.15, -0.1) is 0 Å². The van der Waals surface area contributed by atoms with Crippen molar-refractivity contribution in [3.63, 3.8) is 0 Å². The fraction of sp³-hybridized carbons (Fsp3) is 0.444. The Hall–Kier alpha value is -3.35. The molecule has 1 saturated carbocycles. The van der Waals surface area contributed by atoms with Gasteiger partial charge in [-0.3, -0.25) is 9.59 Å². The number of aliphatic carboxylic acids is 1. The van der Waals surface area contributed by atoms with E-state index in [2.05, 4.69) is 29.6 Å². The molecule has 34 heavy (non-hydrogen) atoms. The average molecular weight is 463 g/mol. The van der Waals surface area contributed by atoms with Gasteiger partial charge in [-0.2, -0.15) is 0 Å². The monoisotopic (exact) mass is 462 g/mol. The Labute approximate surface area is 199 Å². The molecule has 178 valence electrons. The zero-order valence-corrected chi connectivity index (χ0v) is 19.5. The van der Waals surface area contributed by atoms with E-state index < -0.39 is 23.0 Å². The molecular weight excluding hydrogens is 432 g/mol. The quantitative estimate of drug-likeness (QED) is 0.700. The van der Waals surface area contributed by atoms with Gasteiger partial charge in [-0.05, 0) is 54.4 Å². The van der Waals surface area contributed by atoms with Crippen LogP contribution in [-0.4, -0.2) is 53.2 Å². The zero-order chi connectivity index (χ0) is 24.1. The summed E-state index contributed by atoms with van der Waals surface area (Å²) in [6.45, 7) is 4.24. The molecule has 7 nitrogen and oxygen atoms in total. The zero-order valence-electron chi connectivity index (χ0n) is 19.5. The first kappa shape index (κ1) is 22.4. The van der Waals surface area contributed by atoms with Crippen molar-refractivity contribution in [2.45, 2.75) is 44.6 Å². The molecule has 0 aromatic heterocycles. The largest absolute Gasteiger partial charge is 0.481 e. The molecule has 2 aromatic carbocycles. The molecule has 2 N–H and O–H groups in total. The summed E-state index contributed by atoms with van der Waals surface area (Å²) in [6.07, 6.45) is 1.29.